The summed E-state index contributed by atoms with van der Waals surface area (Å²) in [5.74, 6) is 3.45. The monoisotopic (exact) mass is 359 g/mol. The van der Waals surface area contributed by atoms with E-state index in [0.717, 1.165) is 56.7 Å². The summed E-state index contributed by atoms with van der Waals surface area (Å²) in [6, 6.07) is 0.427. The first-order valence-corrected chi connectivity index (χ1v) is 10.1. The Morgan fingerprint density at radius 2 is 2.04 bits per heavy atom. The highest BCUT2D eigenvalue weighted by Crippen LogP contribution is 2.34. The van der Waals surface area contributed by atoms with Crippen LogP contribution in [-0.2, 0) is 4.74 Å². The van der Waals surface area contributed by atoms with Crippen LogP contribution in [0.4, 0.5) is 4.79 Å². The van der Waals surface area contributed by atoms with E-state index in [4.69, 9.17) is 9.73 Å². The van der Waals surface area contributed by atoms with Crippen LogP contribution in [0.15, 0.2) is 17.0 Å². The second-order valence-corrected chi connectivity index (χ2v) is 8.59. The number of hydrogen-bond donors (Lipinski definition) is 1. The van der Waals surface area contributed by atoms with Gasteiger partial charge in [0.25, 0.3) is 0 Å². The Balaban J connectivity index is 1.31. The maximum Gasteiger partial charge on any atom is 0.329 e. The van der Waals surface area contributed by atoms with Crippen LogP contribution >= 0.6 is 0 Å². The van der Waals surface area contributed by atoms with Gasteiger partial charge in [0.2, 0.25) is 0 Å². The van der Waals surface area contributed by atoms with Crippen molar-refractivity contribution in [1.82, 2.24) is 20.0 Å². The molecule has 0 spiro atoms. The largest absolute Gasteiger partial charge is 0.381 e. The van der Waals surface area contributed by atoms with E-state index in [1.54, 1.807) is 4.90 Å². The molecule has 4 heterocycles. The molecule has 7 nitrogen and oxygen atoms in total. The van der Waals surface area contributed by atoms with E-state index in [0.29, 0.717) is 24.5 Å². The van der Waals surface area contributed by atoms with Crippen LogP contribution < -0.4 is 5.32 Å². The number of carbonyl (C=O) groups excluding carboxylic acids is 1. The number of amidine groups is 1. The van der Waals surface area contributed by atoms with Gasteiger partial charge in [0.05, 0.1) is 0 Å². The van der Waals surface area contributed by atoms with Crippen LogP contribution in [0.3, 0.4) is 0 Å². The summed E-state index contributed by atoms with van der Waals surface area (Å²) in [5.41, 5.74) is 0. The lowest BCUT2D eigenvalue weighted by Crippen LogP contribution is -2.50. The first-order chi connectivity index (χ1) is 12.7. The fourth-order valence-electron chi connectivity index (χ4n) is 4.73. The normalized spacial score (nSPS) is 33.2. The molecule has 3 fully saturated rings. The summed E-state index contributed by atoms with van der Waals surface area (Å²) in [6.45, 7) is 7.87. The van der Waals surface area contributed by atoms with E-state index in [1.807, 2.05) is 0 Å². The summed E-state index contributed by atoms with van der Waals surface area (Å²) in [5, 5.41) is 3.09. The van der Waals surface area contributed by atoms with Gasteiger partial charge in [-0.2, -0.15) is 0 Å². The third-order valence-electron chi connectivity index (χ3n) is 6.49. The highest BCUT2D eigenvalue weighted by molar-refractivity contribution is 6.02. The SMILES string of the molecule is CC1CN(CC2CC2)CC1C1=NC2=CN(C3CCOCC3)CN2C(=O)N1. The number of rotatable bonds is 4. The fraction of sp³-hybridized carbons (Fsp3) is 0.789. The number of ether oxygens (including phenoxy) is 1. The zero-order valence-corrected chi connectivity index (χ0v) is 15.6. The van der Waals surface area contributed by atoms with Crippen molar-refractivity contribution >= 4 is 11.9 Å². The van der Waals surface area contributed by atoms with Gasteiger partial charge in [-0.3, -0.25) is 10.2 Å². The van der Waals surface area contributed by atoms with Crippen molar-refractivity contribution in [1.29, 1.82) is 0 Å². The second kappa shape index (κ2) is 6.53. The summed E-state index contributed by atoms with van der Waals surface area (Å²) >= 11 is 0. The van der Waals surface area contributed by atoms with Gasteiger partial charge < -0.3 is 14.5 Å². The maximum absolute atomic E-state index is 12.7. The number of carbonyl (C=O) groups is 1. The van der Waals surface area contributed by atoms with Crippen molar-refractivity contribution in [3.8, 4) is 0 Å². The Bertz CT molecular complexity index is 638. The number of nitrogens with zero attached hydrogens (tertiary/aromatic N) is 4. The molecule has 1 N–H and O–H groups in total. The number of urea groups is 1. The fourth-order valence-corrected chi connectivity index (χ4v) is 4.73. The third-order valence-corrected chi connectivity index (χ3v) is 6.49. The molecule has 142 valence electrons. The van der Waals surface area contributed by atoms with Gasteiger partial charge in [0, 0.05) is 51.0 Å². The minimum Gasteiger partial charge on any atom is -0.381 e. The van der Waals surface area contributed by atoms with E-state index in [2.05, 4.69) is 28.2 Å². The molecule has 2 unspecified atom stereocenters. The predicted molar refractivity (Wildman–Crippen MR) is 98.3 cm³/mol. The van der Waals surface area contributed by atoms with Crippen LogP contribution in [0.5, 0.6) is 0 Å². The quantitative estimate of drug-likeness (QED) is 0.829. The van der Waals surface area contributed by atoms with Gasteiger partial charge in [-0.25, -0.2) is 9.79 Å². The van der Waals surface area contributed by atoms with E-state index in [-0.39, 0.29) is 6.03 Å². The van der Waals surface area contributed by atoms with Crippen molar-refractivity contribution in [2.45, 2.75) is 38.6 Å². The molecule has 1 aliphatic carbocycles. The molecule has 0 radical (unpaired) electrons. The minimum atomic E-state index is -0.0244. The topological polar surface area (TPSA) is 60.4 Å². The zero-order valence-electron chi connectivity index (χ0n) is 15.6. The Kier molecular flexibility index (Phi) is 4.16. The molecule has 0 aromatic heterocycles. The van der Waals surface area contributed by atoms with Gasteiger partial charge in [-0.05, 0) is 37.5 Å². The molecule has 0 aromatic rings. The van der Waals surface area contributed by atoms with Crippen molar-refractivity contribution in [2.24, 2.45) is 22.7 Å². The first-order valence-electron chi connectivity index (χ1n) is 10.1. The van der Waals surface area contributed by atoms with Crippen LogP contribution in [0, 0.1) is 17.8 Å². The molecule has 5 aliphatic rings. The molecule has 2 saturated heterocycles. The minimum absolute atomic E-state index is 0.0244. The van der Waals surface area contributed by atoms with E-state index < -0.39 is 0 Å². The number of nitrogens with one attached hydrogen (secondary N) is 1. The Morgan fingerprint density at radius 1 is 1.23 bits per heavy atom. The molecular formula is C19H29N5O2. The van der Waals surface area contributed by atoms with Crippen molar-refractivity contribution in [3.05, 3.63) is 12.0 Å². The number of aliphatic imine (C=N–C) groups is 1. The third kappa shape index (κ3) is 3.11. The first kappa shape index (κ1) is 16.6. The summed E-state index contributed by atoms with van der Waals surface area (Å²) in [4.78, 5) is 24.1. The van der Waals surface area contributed by atoms with E-state index in [1.165, 1.54) is 19.4 Å². The van der Waals surface area contributed by atoms with Gasteiger partial charge in [0.1, 0.15) is 12.5 Å². The average molecular weight is 359 g/mol. The molecule has 0 aromatic carbocycles. The van der Waals surface area contributed by atoms with Crippen molar-refractivity contribution in [2.75, 3.05) is 39.5 Å². The lowest BCUT2D eigenvalue weighted by Gasteiger charge is -2.32. The predicted octanol–water partition coefficient (Wildman–Crippen LogP) is 1.64. The number of hydrogen-bond acceptors (Lipinski definition) is 5. The zero-order chi connectivity index (χ0) is 17.7. The molecule has 5 rings (SSSR count). The van der Waals surface area contributed by atoms with Crippen LogP contribution in [-0.4, -0.2) is 72.1 Å². The van der Waals surface area contributed by atoms with E-state index in [9.17, 15) is 4.79 Å². The Labute approximate surface area is 155 Å². The molecule has 0 bridgehead atoms. The lowest BCUT2D eigenvalue weighted by molar-refractivity contribution is 0.0459. The van der Waals surface area contributed by atoms with Gasteiger partial charge in [0.15, 0.2) is 5.82 Å². The number of fused-ring (bicyclic) bond motifs is 1. The van der Waals surface area contributed by atoms with E-state index >= 15 is 0 Å². The highest BCUT2D eigenvalue weighted by atomic mass is 16.5. The average Bonchev–Trinajstić information content (AvgIpc) is 3.21. The Morgan fingerprint density at radius 3 is 2.81 bits per heavy atom. The number of likely N-dealkylation sites (tertiary alicyclic amines) is 1. The second-order valence-electron chi connectivity index (χ2n) is 8.59. The molecule has 1 saturated carbocycles. The van der Waals surface area contributed by atoms with Gasteiger partial charge >= 0.3 is 6.03 Å². The maximum atomic E-state index is 12.7. The molecular weight excluding hydrogens is 330 g/mol. The van der Waals surface area contributed by atoms with Crippen molar-refractivity contribution in [3.63, 3.8) is 0 Å². The standard InChI is InChI=1S/C19H29N5O2/c1-13-8-22(9-14-2-3-14)10-16(13)18-20-17-11-23(12-24(17)19(25)21-18)15-4-6-26-7-5-15/h11,13-16H,2-10,12H2,1H3,(H,20,21,25). The van der Waals surface area contributed by atoms with Gasteiger partial charge in [-0.1, -0.05) is 6.92 Å². The summed E-state index contributed by atoms with van der Waals surface area (Å²) in [6.07, 6.45) is 6.89. The smallest absolute Gasteiger partial charge is 0.329 e. The van der Waals surface area contributed by atoms with Crippen molar-refractivity contribution < 1.29 is 9.53 Å². The van der Waals surface area contributed by atoms with Crippen LogP contribution in [0.1, 0.15) is 32.6 Å². The molecule has 4 aliphatic heterocycles. The highest BCUT2D eigenvalue weighted by Gasteiger charge is 2.40. The molecule has 26 heavy (non-hydrogen) atoms. The number of amides is 2. The van der Waals surface area contributed by atoms with Crippen LogP contribution in [0.25, 0.3) is 0 Å². The lowest BCUT2D eigenvalue weighted by atomic mass is 9.96. The summed E-state index contributed by atoms with van der Waals surface area (Å²) < 4.78 is 5.46. The molecule has 2 amide bonds. The van der Waals surface area contributed by atoms with Gasteiger partial charge in [-0.15, -0.1) is 0 Å². The molecule has 2 atom stereocenters. The Hall–Kier alpha value is -1.60. The summed E-state index contributed by atoms with van der Waals surface area (Å²) in [7, 11) is 0. The molecule has 7 heteroatoms. The van der Waals surface area contributed by atoms with Crippen LogP contribution in [0.2, 0.25) is 0 Å².